The summed E-state index contributed by atoms with van der Waals surface area (Å²) in [6, 6.07) is 1.76. The maximum Gasteiger partial charge on any atom is 0.303 e. The Balaban J connectivity index is 2.01. The molecule has 6 heteroatoms. The molecule has 0 atom stereocenters. The maximum absolute atomic E-state index is 12.2. The van der Waals surface area contributed by atoms with Crippen LogP contribution < -0.4 is 10.1 Å². The highest BCUT2D eigenvalue weighted by atomic mass is 32.1. The van der Waals surface area contributed by atoms with Gasteiger partial charge in [-0.2, -0.15) is 0 Å². The third kappa shape index (κ3) is 3.97. The van der Waals surface area contributed by atoms with Crippen molar-refractivity contribution in [2.45, 2.75) is 38.5 Å². The monoisotopic (exact) mass is 311 g/mol. The molecule has 0 bridgehead atoms. The first-order valence-electron chi connectivity index (χ1n) is 7.18. The van der Waals surface area contributed by atoms with Crippen LogP contribution in [0.15, 0.2) is 11.4 Å². The number of carbonyl (C=O) groups excluding carboxylic acids is 1. The summed E-state index contributed by atoms with van der Waals surface area (Å²) in [5.41, 5.74) is -0.301. The Morgan fingerprint density at radius 3 is 2.71 bits per heavy atom. The molecule has 1 fully saturated rings. The van der Waals surface area contributed by atoms with Crippen LogP contribution in [-0.4, -0.2) is 30.6 Å². The van der Waals surface area contributed by atoms with Crippen LogP contribution in [0.2, 0.25) is 0 Å². The van der Waals surface area contributed by atoms with Crippen molar-refractivity contribution in [3.8, 4) is 5.75 Å². The molecule has 1 aliphatic carbocycles. The summed E-state index contributed by atoms with van der Waals surface area (Å²) in [5, 5.41) is 13.8. The lowest BCUT2D eigenvalue weighted by molar-refractivity contribution is -0.140. The zero-order valence-electron chi connectivity index (χ0n) is 12.2. The van der Waals surface area contributed by atoms with E-state index in [0.29, 0.717) is 17.2 Å². The zero-order valence-corrected chi connectivity index (χ0v) is 13.0. The molecule has 1 amide bonds. The van der Waals surface area contributed by atoms with E-state index in [9.17, 15) is 9.59 Å². The van der Waals surface area contributed by atoms with Crippen molar-refractivity contribution in [3.05, 3.63) is 16.3 Å². The average Bonchev–Trinajstić information content (AvgIpc) is 2.93. The fourth-order valence-electron chi connectivity index (χ4n) is 3.01. The molecular weight excluding hydrogens is 290 g/mol. The van der Waals surface area contributed by atoms with Crippen LogP contribution in [0.25, 0.3) is 0 Å². The second-order valence-electron chi connectivity index (χ2n) is 5.63. The van der Waals surface area contributed by atoms with Crippen LogP contribution in [0.1, 0.15) is 48.2 Å². The number of aliphatic carboxylic acids is 1. The van der Waals surface area contributed by atoms with Crippen LogP contribution in [0, 0.1) is 5.41 Å². The second kappa shape index (κ2) is 6.93. The first-order chi connectivity index (χ1) is 10.1. The number of hydrogen-bond acceptors (Lipinski definition) is 4. The number of rotatable bonds is 6. The Kier molecular flexibility index (Phi) is 5.22. The number of nitrogens with one attached hydrogen (secondary N) is 1. The second-order valence-corrected chi connectivity index (χ2v) is 6.55. The molecule has 1 heterocycles. The fourth-order valence-corrected chi connectivity index (χ4v) is 3.78. The summed E-state index contributed by atoms with van der Waals surface area (Å²) in [6.45, 7) is 0.416. The molecule has 116 valence electrons. The average molecular weight is 311 g/mol. The molecule has 0 unspecified atom stereocenters. The Morgan fingerprint density at radius 2 is 2.10 bits per heavy atom. The van der Waals surface area contributed by atoms with Gasteiger partial charge in [0.15, 0.2) is 0 Å². The van der Waals surface area contributed by atoms with Crippen molar-refractivity contribution in [3.63, 3.8) is 0 Å². The first-order valence-corrected chi connectivity index (χ1v) is 8.06. The zero-order chi connectivity index (χ0) is 15.3. The lowest BCUT2D eigenvalue weighted by Gasteiger charge is -2.36. The number of carboxylic acids is 1. The number of carbonyl (C=O) groups is 2. The largest absolute Gasteiger partial charge is 0.495 e. The number of methoxy groups -OCH3 is 1. The molecule has 1 aliphatic rings. The third-order valence-corrected chi connectivity index (χ3v) is 5.01. The van der Waals surface area contributed by atoms with Gasteiger partial charge >= 0.3 is 5.97 Å². The standard InChI is InChI=1S/C15H21NO4S/c1-20-11-5-8-21-13(11)14(19)16-10-15(9-12(17)18)6-3-2-4-7-15/h5,8H,2-4,6-7,9-10H2,1H3,(H,16,19)(H,17,18). The highest BCUT2D eigenvalue weighted by Gasteiger charge is 2.35. The van der Waals surface area contributed by atoms with Crippen molar-refractivity contribution in [2.24, 2.45) is 5.41 Å². The van der Waals surface area contributed by atoms with E-state index in [0.717, 1.165) is 32.1 Å². The predicted octanol–water partition coefficient (Wildman–Crippen LogP) is 2.91. The summed E-state index contributed by atoms with van der Waals surface area (Å²) < 4.78 is 5.14. The number of amides is 1. The lowest BCUT2D eigenvalue weighted by atomic mass is 9.71. The van der Waals surface area contributed by atoms with E-state index in [-0.39, 0.29) is 17.7 Å². The summed E-state index contributed by atoms with van der Waals surface area (Å²) in [5.74, 6) is -0.412. The SMILES string of the molecule is COc1ccsc1C(=O)NCC1(CC(=O)O)CCCCC1. The van der Waals surface area contributed by atoms with Gasteiger partial charge in [-0.05, 0) is 29.7 Å². The van der Waals surface area contributed by atoms with Gasteiger partial charge in [-0.1, -0.05) is 19.3 Å². The Labute approximate surface area is 128 Å². The van der Waals surface area contributed by atoms with Gasteiger partial charge in [-0.3, -0.25) is 9.59 Å². The van der Waals surface area contributed by atoms with E-state index in [1.165, 1.54) is 18.4 Å². The van der Waals surface area contributed by atoms with Gasteiger partial charge in [0.05, 0.1) is 13.5 Å². The van der Waals surface area contributed by atoms with E-state index in [4.69, 9.17) is 9.84 Å². The number of ether oxygens (including phenoxy) is 1. The van der Waals surface area contributed by atoms with E-state index in [2.05, 4.69) is 5.32 Å². The van der Waals surface area contributed by atoms with Crippen LogP contribution in [-0.2, 0) is 4.79 Å². The van der Waals surface area contributed by atoms with Crippen LogP contribution in [0.5, 0.6) is 5.75 Å². The Bertz CT molecular complexity index is 506. The number of hydrogen-bond donors (Lipinski definition) is 2. The van der Waals surface area contributed by atoms with E-state index in [1.54, 1.807) is 11.4 Å². The number of thiophene rings is 1. The van der Waals surface area contributed by atoms with Gasteiger partial charge in [0.2, 0.25) is 0 Å². The first kappa shape index (κ1) is 15.8. The van der Waals surface area contributed by atoms with E-state index in [1.807, 2.05) is 0 Å². The van der Waals surface area contributed by atoms with E-state index >= 15 is 0 Å². The number of carboxylic acid groups (broad SMARTS) is 1. The van der Waals surface area contributed by atoms with Gasteiger partial charge < -0.3 is 15.2 Å². The highest BCUT2D eigenvalue weighted by Crippen LogP contribution is 2.39. The van der Waals surface area contributed by atoms with Crippen LogP contribution >= 0.6 is 11.3 Å². The summed E-state index contributed by atoms with van der Waals surface area (Å²) in [6.07, 6.45) is 5.06. The summed E-state index contributed by atoms with van der Waals surface area (Å²) in [7, 11) is 1.53. The van der Waals surface area contributed by atoms with Crippen molar-refractivity contribution in [2.75, 3.05) is 13.7 Å². The van der Waals surface area contributed by atoms with Crippen molar-refractivity contribution in [1.29, 1.82) is 0 Å². The molecule has 0 aliphatic heterocycles. The lowest BCUT2D eigenvalue weighted by Crippen LogP contribution is -2.40. The molecule has 21 heavy (non-hydrogen) atoms. The summed E-state index contributed by atoms with van der Waals surface area (Å²) in [4.78, 5) is 23.9. The predicted molar refractivity (Wildman–Crippen MR) is 81.0 cm³/mol. The third-order valence-electron chi connectivity index (χ3n) is 4.12. The minimum Gasteiger partial charge on any atom is -0.495 e. The molecule has 2 N–H and O–H groups in total. The smallest absolute Gasteiger partial charge is 0.303 e. The molecular formula is C15H21NO4S. The van der Waals surface area contributed by atoms with Crippen molar-refractivity contribution >= 4 is 23.2 Å². The molecule has 2 rings (SSSR count). The molecule has 1 aromatic heterocycles. The van der Waals surface area contributed by atoms with Gasteiger partial charge in [0.1, 0.15) is 10.6 Å². The van der Waals surface area contributed by atoms with Gasteiger partial charge in [0.25, 0.3) is 5.91 Å². The minimum absolute atomic E-state index is 0.120. The van der Waals surface area contributed by atoms with Gasteiger partial charge in [0, 0.05) is 6.54 Å². The molecule has 5 nitrogen and oxygen atoms in total. The molecule has 0 aromatic carbocycles. The highest BCUT2D eigenvalue weighted by molar-refractivity contribution is 7.12. The molecule has 0 radical (unpaired) electrons. The van der Waals surface area contributed by atoms with Gasteiger partial charge in [-0.15, -0.1) is 11.3 Å². The summed E-state index contributed by atoms with van der Waals surface area (Å²) >= 11 is 1.33. The van der Waals surface area contributed by atoms with Crippen molar-refractivity contribution in [1.82, 2.24) is 5.32 Å². The quantitative estimate of drug-likeness (QED) is 0.847. The van der Waals surface area contributed by atoms with Gasteiger partial charge in [-0.25, -0.2) is 0 Å². The molecule has 0 spiro atoms. The molecule has 1 saturated carbocycles. The maximum atomic E-state index is 12.2. The molecule has 1 aromatic rings. The van der Waals surface area contributed by atoms with E-state index < -0.39 is 5.97 Å². The normalized spacial score (nSPS) is 17.2. The van der Waals surface area contributed by atoms with Crippen LogP contribution in [0.3, 0.4) is 0 Å². The van der Waals surface area contributed by atoms with Crippen molar-refractivity contribution < 1.29 is 19.4 Å². The Hall–Kier alpha value is -1.56. The minimum atomic E-state index is -0.792. The Morgan fingerprint density at radius 1 is 1.38 bits per heavy atom. The fraction of sp³-hybridized carbons (Fsp3) is 0.600. The topological polar surface area (TPSA) is 75.6 Å². The van der Waals surface area contributed by atoms with Crippen LogP contribution in [0.4, 0.5) is 0 Å². The molecule has 0 saturated heterocycles.